The van der Waals surface area contributed by atoms with Gasteiger partial charge in [-0.25, -0.2) is 0 Å². The maximum absolute atomic E-state index is 12.7. The molecule has 0 aliphatic rings. The van der Waals surface area contributed by atoms with Crippen LogP contribution in [0.25, 0.3) is 6.08 Å². The van der Waals surface area contributed by atoms with E-state index < -0.39 is 5.78 Å². The molecule has 5 nitrogen and oxygen atoms in total. The second-order valence-electron chi connectivity index (χ2n) is 6.22. The normalized spacial score (nSPS) is 10.9. The number of benzene rings is 3. The molecular weight excluding hydrogens is 356 g/mol. The van der Waals surface area contributed by atoms with E-state index in [0.29, 0.717) is 11.1 Å². The van der Waals surface area contributed by atoms with Crippen LogP contribution >= 0.6 is 0 Å². The Labute approximate surface area is 162 Å². The fraction of sp³-hybridized carbons (Fsp3) is 0.0870. The Morgan fingerprint density at radius 3 is 2.29 bits per heavy atom. The van der Waals surface area contributed by atoms with Crippen molar-refractivity contribution in [3.05, 3.63) is 89.0 Å². The highest BCUT2D eigenvalue weighted by molar-refractivity contribution is 6.11. The number of rotatable bonds is 6. The van der Waals surface area contributed by atoms with Gasteiger partial charge in [-0.2, -0.15) is 0 Å². The van der Waals surface area contributed by atoms with Crippen LogP contribution in [0.2, 0.25) is 0 Å². The first-order valence-electron chi connectivity index (χ1n) is 8.67. The number of aromatic hydroxyl groups is 3. The molecule has 0 fully saturated rings. The topological polar surface area (TPSA) is 87.0 Å². The molecule has 3 rings (SSSR count). The fourth-order valence-electron chi connectivity index (χ4n) is 2.98. The summed E-state index contributed by atoms with van der Waals surface area (Å²) in [4.78, 5) is 12.7. The van der Waals surface area contributed by atoms with Gasteiger partial charge in [-0.1, -0.05) is 54.6 Å². The molecular formula is C23H20O5. The number of ketones is 1. The average Bonchev–Trinajstić information content (AvgIpc) is 2.70. The minimum Gasteiger partial charge on any atom is -0.508 e. The molecule has 0 atom stereocenters. The molecule has 0 unspecified atom stereocenters. The van der Waals surface area contributed by atoms with Crippen LogP contribution in [0, 0.1) is 0 Å². The van der Waals surface area contributed by atoms with Gasteiger partial charge in [0.25, 0.3) is 0 Å². The van der Waals surface area contributed by atoms with Crippen molar-refractivity contribution in [3.63, 3.8) is 0 Å². The minimum atomic E-state index is -0.461. The second-order valence-corrected chi connectivity index (χ2v) is 6.22. The third kappa shape index (κ3) is 3.99. The summed E-state index contributed by atoms with van der Waals surface area (Å²) in [5.41, 5.74) is 1.65. The number of phenolic OH excluding ortho intramolecular Hbond substituents is 3. The Balaban J connectivity index is 2.03. The number of carbonyl (C=O) groups is 1. The Kier molecular flexibility index (Phi) is 5.65. The number of phenols is 3. The van der Waals surface area contributed by atoms with Crippen LogP contribution in [0.15, 0.2) is 66.7 Å². The molecule has 3 aromatic carbocycles. The van der Waals surface area contributed by atoms with E-state index in [1.54, 1.807) is 24.3 Å². The van der Waals surface area contributed by atoms with Gasteiger partial charge in [0.15, 0.2) is 5.78 Å². The summed E-state index contributed by atoms with van der Waals surface area (Å²) < 4.78 is 5.37. The standard InChI is InChI=1S/C23H20O5/c1-28-23-17(13-16-9-5-6-10-18(16)24)20(26)14-21(27)22(23)19(25)12-11-15-7-3-2-4-8-15/h2-12,14,24,26-27H,13H2,1H3. The monoisotopic (exact) mass is 376 g/mol. The lowest BCUT2D eigenvalue weighted by molar-refractivity contribution is 0.104. The number of allylic oxidation sites excluding steroid dienone is 1. The van der Waals surface area contributed by atoms with Crippen LogP contribution in [0.4, 0.5) is 0 Å². The highest BCUT2D eigenvalue weighted by atomic mass is 16.5. The number of methoxy groups -OCH3 is 1. The van der Waals surface area contributed by atoms with Crippen molar-refractivity contribution >= 4 is 11.9 Å². The summed E-state index contributed by atoms with van der Waals surface area (Å²) in [6.07, 6.45) is 3.11. The maximum atomic E-state index is 12.7. The SMILES string of the molecule is COc1c(Cc2ccccc2O)c(O)cc(O)c1C(=O)C=Cc1ccccc1. The Morgan fingerprint density at radius 1 is 0.929 bits per heavy atom. The van der Waals surface area contributed by atoms with Crippen molar-refractivity contribution in [2.24, 2.45) is 0 Å². The molecule has 28 heavy (non-hydrogen) atoms. The first-order chi connectivity index (χ1) is 13.5. The van der Waals surface area contributed by atoms with Gasteiger partial charge in [-0.15, -0.1) is 0 Å². The number of hydrogen-bond acceptors (Lipinski definition) is 5. The molecule has 142 valence electrons. The van der Waals surface area contributed by atoms with E-state index in [1.807, 2.05) is 30.3 Å². The number of para-hydroxylation sites is 1. The average molecular weight is 376 g/mol. The van der Waals surface area contributed by atoms with E-state index in [-0.39, 0.29) is 35.0 Å². The molecule has 0 heterocycles. The molecule has 3 N–H and O–H groups in total. The van der Waals surface area contributed by atoms with Gasteiger partial charge in [0.05, 0.1) is 7.11 Å². The van der Waals surface area contributed by atoms with Crippen molar-refractivity contribution in [2.45, 2.75) is 6.42 Å². The second kappa shape index (κ2) is 8.31. The maximum Gasteiger partial charge on any atom is 0.193 e. The Hall–Kier alpha value is -3.73. The summed E-state index contributed by atoms with van der Waals surface area (Å²) in [6, 6.07) is 17.1. The van der Waals surface area contributed by atoms with Gasteiger partial charge in [-0.05, 0) is 23.3 Å². The van der Waals surface area contributed by atoms with Crippen LogP contribution in [0.3, 0.4) is 0 Å². The highest BCUT2D eigenvalue weighted by Crippen LogP contribution is 2.40. The van der Waals surface area contributed by atoms with E-state index in [9.17, 15) is 20.1 Å². The lowest BCUT2D eigenvalue weighted by atomic mass is 9.96. The molecule has 0 aliphatic carbocycles. The van der Waals surface area contributed by atoms with Crippen LogP contribution in [-0.4, -0.2) is 28.2 Å². The molecule has 3 aromatic rings. The van der Waals surface area contributed by atoms with Crippen LogP contribution in [0.5, 0.6) is 23.0 Å². The number of hydrogen-bond donors (Lipinski definition) is 3. The van der Waals surface area contributed by atoms with Gasteiger partial charge in [-0.3, -0.25) is 4.79 Å². The predicted octanol–water partition coefficient (Wildman–Crippen LogP) is 4.30. The van der Waals surface area contributed by atoms with E-state index in [2.05, 4.69) is 0 Å². The molecule has 0 spiro atoms. The summed E-state index contributed by atoms with van der Waals surface area (Å²) in [5.74, 6) is -0.923. The first kappa shape index (κ1) is 19.0. The lowest BCUT2D eigenvalue weighted by Crippen LogP contribution is -2.04. The van der Waals surface area contributed by atoms with E-state index in [0.717, 1.165) is 11.6 Å². The molecule has 0 amide bonds. The summed E-state index contributed by atoms with van der Waals surface area (Å²) in [7, 11) is 1.36. The summed E-state index contributed by atoms with van der Waals surface area (Å²) in [6.45, 7) is 0. The van der Waals surface area contributed by atoms with Crippen molar-refractivity contribution in [1.82, 2.24) is 0 Å². The zero-order chi connectivity index (χ0) is 20.1. The fourth-order valence-corrected chi connectivity index (χ4v) is 2.98. The molecule has 0 radical (unpaired) electrons. The van der Waals surface area contributed by atoms with Crippen molar-refractivity contribution < 1.29 is 24.9 Å². The quantitative estimate of drug-likeness (QED) is 0.441. The molecule has 0 saturated carbocycles. The van der Waals surface area contributed by atoms with E-state index >= 15 is 0 Å². The third-order valence-corrected chi connectivity index (χ3v) is 4.38. The van der Waals surface area contributed by atoms with Crippen LogP contribution in [0.1, 0.15) is 27.0 Å². The molecule has 0 aromatic heterocycles. The number of carbonyl (C=O) groups excluding carboxylic acids is 1. The van der Waals surface area contributed by atoms with Crippen LogP contribution < -0.4 is 4.74 Å². The smallest absolute Gasteiger partial charge is 0.193 e. The number of ether oxygens (including phenoxy) is 1. The zero-order valence-electron chi connectivity index (χ0n) is 15.3. The third-order valence-electron chi connectivity index (χ3n) is 4.38. The Bertz CT molecular complexity index is 1020. The lowest BCUT2D eigenvalue weighted by Gasteiger charge is -2.16. The largest absolute Gasteiger partial charge is 0.508 e. The zero-order valence-corrected chi connectivity index (χ0v) is 15.3. The van der Waals surface area contributed by atoms with Crippen molar-refractivity contribution in [1.29, 1.82) is 0 Å². The highest BCUT2D eigenvalue weighted by Gasteiger charge is 2.23. The molecule has 5 heteroatoms. The Morgan fingerprint density at radius 2 is 1.61 bits per heavy atom. The molecule has 0 bridgehead atoms. The van der Waals surface area contributed by atoms with Gasteiger partial charge >= 0.3 is 0 Å². The van der Waals surface area contributed by atoms with Gasteiger partial charge < -0.3 is 20.1 Å². The molecule has 0 saturated heterocycles. The van der Waals surface area contributed by atoms with Gasteiger partial charge in [0.2, 0.25) is 0 Å². The summed E-state index contributed by atoms with van der Waals surface area (Å²) >= 11 is 0. The van der Waals surface area contributed by atoms with Crippen LogP contribution in [-0.2, 0) is 6.42 Å². The molecule has 0 aliphatic heterocycles. The van der Waals surface area contributed by atoms with Gasteiger partial charge in [0, 0.05) is 18.1 Å². The first-order valence-corrected chi connectivity index (χ1v) is 8.67. The summed E-state index contributed by atoms with van der Waals surface area (Å²) in [5, 5.41) is 30.6. The van der Waals surface area contributed by atoms with Gasteiger partial charge in [0.1, 0.15) is 28.6 Å². The van der Waals surface area contributed by atoms with Crippen molar-refractivity contribution in [2.75, 3.05) is 7.11 Å². The van der Waals surface area contributed by atoms with E-state index in [4.69, 9.17) is 4.74 Å². The van der Waals surface area contributed by atoms with Crippen molar-refractivity contribution in [3.8, 4) is 23.0 Å². The predicted molar refractivity (Wildman–Crippen MR) is 107 cm³/mol. The van der Waals surface area contributed by atoms with E-state index in [1.165, 1.54) is 19.3 Å². The minimum absolute atomic E-state index is 0.0436.